The van der Waals surface area contributed by atoms with E-state index in [1.165, 1.54) is 7.11 Å². The molecule has 2 saturated heterocycles. The zero-order valence-electron chi connectivity index (χ0n) is 17.7. The van der Waals surface area contributed by atoms with Crippen LogP contribution in [0.15, 0.2) is 18.3 Å². The Labute approximate surface area is 168 Å². The van der Waals surface area contributed by atoms with Crippen LogP contribution in [0.2, 0.25) is 0 Å². The fourth-order valence-corrected chi connectivity index (χ4v) is 4.32. The largest absolute Gasteiger partial charge is 0.465 e. The fraction of sp³-hybridized carbons (Fsp3) is 0.682. The summed E-state index contributed by atoms with van der Waals surface area (Å²) in [7, 11) is 1.38. The maximum Gasteiger partial charge on any atom is 0.339 e. The normalized spacial score (nSPS) is 19.6. The smallest absolute Gasteiger partial charge is 0.339 e. The van der Waals surface area contributed by atoms with E-state index in [0.29, 0.717) is 23.3 Å². The third kappa shape index (κ3) is 4.83. The number of carbonyl (C=O) groups is 2. The number of ether oxygens (including phenoxy) is 1. The van der Waals surface area contributed by atoms with Gasteiger partial charge in [0, 0.05) is 38.8 Å². The van der Waals surface area contributed by atoms with E-state index in [0.717, 1.165) is 57.7 Å². The van der Waals surface area contributed by atoms with Gasteiger partial charge in [0.2, 0.25) is 5.91 Å². The van der Waals surface area contributed by atoms with Gasteiger partial charge in [-0.3, -0.25) is 4.79 Å². The van der Waals surface area contributed by atoms with Crippen molar-refractivity contribution in [1.82, 2.24) is 9.88 Å². The number of anilines is 1. The Hall–Kier alpha value is -2.11. The minimum atomic E-state index is -0.357. The first-order chi connectivity index (χ1) is 13.2. The SMILES string of the molecule is COC(=O)c1ccc(N2CCC3(CCN(C(=O)CC(C)(C)C)CC3)CC2)nc1. The van der Waals surface area contributed by atoms with Gasteiger partial charge in [-0.15, -0.1) is 0 Å². The number of pyridine rings is 1. The Bertz CT molecular complexity index is 691. The molecule has 0 aliphatic carbocycles. The highest BCUT2D eigenvalue weighted by Gasteiger charge is 2.39. The summed E-state index contributed by atoms with van der Waals surface area (Å²) < 4.78 is 4.73. The van der Waals surface area contributed by atoms with Gasteiger partial charge in [-0.25, -0.2) is 9.78 Å². The molecule has 2 aliphatic heterocycles. The number of carbonyl (C=O) groups excluding carboxylic acids is 2. The molecule has 2 fully saturated rings. The van der Waals surface area contributed by atoms with Crippen LogP contribution < -0.4 is 4.90 Å². The summed E-state index contributed by atoms with van der Waals surface area (Å²) >= 11 is 0. The van der Waals surface area contributed by atoms with Crippen molar-refractivity contribution in [2.24, 2.45) is 10.8 Å². The summed E-state index contributed by atoms with van der Waals surface area (Å²) in [6.07, 6.45) is 6.69. The molecule has 6 nitrogen and oxygen atoms in total. The number of amides is 1. The number of aromatic nitrogens is 1. The van der Waals surface area contributed by atoms with Crippen molar-refractivity contribution in [3.63, 3.8) is 0 Å². The lowest BCUT2D eigenvalue weighted by molar-refractivity contribution is -0.135. The Morgan fingerprint density at radius 1 is 1.07 bits per heavy atom. The molecule has 1 amide bonds. The molecule has 0 radical (unpaired) electrons. The van der Waals surface area contributed by atoms with Crippen molar-refractivity contribution in [2.75, 3.05) is 38.2 Å². The number of rotatable bonds is 3. The van der Waals surface area contributed by atoms with Crippen LogP contribution in [0.1, 0.15) is 63.2 Å². The molecule has 28 heavy (non-hydrogen) atoms. The van der Waals surface area contributed by atoms with Gasteiger partial charge in [0.15, 0.2) is 0 Å². The van der Waals surface area contributed by atoms with Crippen LogP contribution in [0.3, 0.4) is 0 Å². The quantitative estimate of drug-likeness (QED) is 0.743. The van der Waals surface area contributed by atoms with Gasteiger partial charge >= 0.3 is 5.97 Å². The molecule has 1 spiro atoms. The van der Waals surface area contributed by atoms with E-state index in [-0.39, 0.29) is 11.4 Å². The van der Waals surface area contributed by atoms with Crippen molar-refractivity contribution < 1.29 is 14.3 Å². The van der Waals surface area contributed by atoms with E-state index >= 15 is 0 Å². The first-order valence-electron chi connectivity index (χ1n) is 10.3. The van der Waals surface area contributed by atoms with Crippen LogP contribution in [-0.4, -0.2) is 55.0 Å². The van der Waals surface area contributed by atoms with Gasteiger partial charge in [-0.1, -0.05) is 20.8 Å². The second-order valence-electron chi connectivity index (χ2n) is 9.50. The highest BCUT2D eigenvalue weighted by molar-refractivity contribution is 5.89. The highest BCUT2D eigenvalue weighted by atomic mass is 16.5. The van der Waals surface area contributed by atoms with E-state index in [4.69, 9.17) is 4.74 Å². The zero-order valence-corrected chi connectivity index (χ0v) is 17.7. The molecule has 0 aromatic carbocycles. The van der Waals surface area contributed by atoms with Crippen LogP contribution >= 0.6 is 0 Å². The molecule has 1 aromatic rings. The number of piperidine rings is 2. The van der Waals surface area contributed by atoms with Crippen LogP contribution in [0.5, 0.6) is 0 Å². The Kier molecular flexibility index (Phi) is 5.96. The molecule has 0 atom stereocenters. The molecule has 3 heterocycles. The minimum absolute atomic E-state index is 0.0496. The van der Waals surface area contributed by atoms with Crippen LogP contribution in [0, 0.1) is 10.8 Å². The summed E-state index contributed by atoms with van der Waals surface area (Å²) in [6.45, 7) is 10.1. The molecule has 154 valence electrons. The molecule has 3 rings (SSSR count). The van der Waals surface area contributed by atoms with Gasteiger partial charge in [-0.05, 0) is 48.6 Å². The second-order valence-corrected chi connectivity index (χ2v) is 9.50. The minimum Gasteiger partial charge on any atom is -0.465 e. The van der Waals surface area contributed by atoms with Gasteiger partial charge in [0.25, 0.3) is 0 Å². The van der Waals surface area contributed by atoms with Crippen molar-refractivity contribution in [3.05, 3.63) is 23.9 Å². The molecule has 0 bridgehead atoms. The predicted octanol–water partition coefficient (Wildman–Crippen LogP) is 3.51. The van der Waals surface area contributed by atoms with Crippen molar-refractivity contribution in [2.45, 2.75) is 52.9 Å². The van der Waals surface area contributed by atoms with Crippen molar-refractivity contribution >= 4 is 17.7 Å². The lowest BCUT2D eigenvalue weighted by atomic mass is 9.71. The van der Waals surface area contributed by atoms with Gasteiger partial charge < -0.3 is 14.5 Å². The molecular formula is C22H33N3O3. The monoisotopic (exact) mass is 387 g/mol. The van der Waals surface area contributed by atoms with E-state index in [1.807, 2.05) is 6.07 Å². The summed E-state index contributed by atoms with van der Waals surface area (Å²) in [6, 6.07) is 3.68. The first-order valence-corrected chi connectivity index (χ1v) is 10.3. The van der Waals surface area contributed by atoms with Crippen molar-refractivity contribution in [3.8, 4) is 0 Å². The number of methoxy groups -OCH3 is 1. The first kappa shape index (κ1) is 20.6. The average Bonchev–Trinajstić information content (AvgIpc) is 2.67. The summed E-state index contributed by atoms with van der Waals surface area (Å²) in [4.78, 5) is 32.9. The Morgan fingerprint density at radius 2 is 1.68 bits per heavy atom. The summed E-state index contributed by atoms with van der Waals surface area (Å²) in [5.41, 5.74) is 0.890. The maximum atomic E-state index is 12.5. The van der Waals surface area contributed by atoms with E-state index < -0.39 is 0 Å². The van der Waals surface area contributed by atoms with E-state index in [9.17, 15) is 9.59 Å². The maximum absolute atomic E-state index is 12.5. The third-order valence-corrected chi connectivity index (χ3v) is 6.18. The topological polar surface area (TPSA) is 62.7 Å². The van der Waals surface area contributed by atoms with Crippen molar-refractivity contribution in [1.29, 1.82) is 0 Å². The molecular weight excluding hydrogens is 354 g/mol. The van der Waals surface area contributed by atoms with E-state index in [1.54, 1.807) is 12.3 Å². The second kappa shape index (κ2) is 8.10. The lowest BCUT2D eigenvalue weighted by Crippen LogP contribution is -2.48. The number of esters is 1. The number of hydrogen-bond acceptors (Lipinski definition) is 5. The highest BCUT2D eigenvalue weighted by Crippen LogP contribution is 2.42. The zero-order chi connectivity index (χ0) is 20.4. The molecule has 0 saturated carbocycles. The Balaban J connectivity index is 1.52. The predicted molar refractivity (Wildman–Crippen MR) is 109 cm³/mol. The number of nitrogens with zero attached hydrogens (tertiary/aromatic N) is 3. The van der Waals surface area contributed by atoms with E-state index in [2.05, 4.69) is 35.6 Å². The van der Waals surface area contributed by atoms with Crippen LogP contribution in [-0.2, 0) is 9.53 Å². The number of likely N-dealkylation sites (tertiary alicyclic amines) is 1. The van der Waals surface area contributed by atoms with Crippen LogP contribution in [0.4, 0.5) is 5.82 Å². The molecule has 2 aliphatic rings. The lowest BCUT2D eigenvalue weighted by Gasteiger charge is -2.47. The fourth-order valence-electron chi connectivity index (χ4n) is 4.32. The van der Waals surface area contributed by atoms with Gasteiger partial charge in [0.1, 0.15) is 5.82 Å². The number of hydrogen-bond donors (Lipinski definition) is 0. The van der Waals surface area contributed by atoms with Gasteiger partial charge in [-0.2, -0.15) is 0 Å². The third-order valence-electron chi connectivity index (χ3n) is 6.18. The molecule has 0 unspecified atom stereocenters. The van der Waals surface area contributed by atoms with Gasteiger partial charge in [0.05, 0.1) is 12.7 Å². The van der Waals surface area contributed by atoms with Crippen LogP contribution in [0.25, 0.3) is 0 Å². The standard InChI is InChI=1S/C22H33N3O3/c1-21(2,3)15-19(26)25-13-9-22(10-14-25)7-11-24(12-8-22)18-6-5-17(16-23-18)20(27)28-4/h5-6,16H,7-15H2,1-4H3. The molecule has 1 aromatic heterocycles. The molecule has 0 N–H and O–H groups in total. The molecule has 6 heteroatoms. The summed E-state index contributed by atoms with van der Waals surface area (Å²) in [5, 5.41) is 0. The summed E-state index contributed by atoms with van der Waals surface area (Å²) in [5.74, 6) is 0.861. The Morgan fingerprint density at radius 3 is 2.18 bits per heavy atom. The average molecular weight is 388 g/mol.